The normalized spacial score (nSPS) is 22.1. The number of alkyl halides is 2. The molecule has 6 rings (SSSR count). The van der Waals surface area contributed by atoms with Crippen molar-refractivity contribution in [1.82, 2.24) is 19.5 Å². The summed E-state index contributed by atoms with van der Waals surface area (Å²) in [5, 5.41) is 3.60. The van der Waals surface area contributed by atoms with E-state index in [1.807, 2.05) is 84.9 Å². The average molecular weight is 737 g/mol. The Morgan fingerprint density at radius 2 is 1.58 bits per heavy atom. The third-order valence-electron chi connectivity index (χ3n) is 8.68. The lowest BCUT2D eigenvalue weighted by molar-refractivity contribution is -0.207. The molecule has 0 spiro atoms. The molecule has 0 amide bonds. The zero-order valence-corrected chi connectivity index (χ0v) is 30.6. The maximum Gasteiger partial charge on any atom is 0.698 e. The van der Waals surface area contributed by atoms with Gasteiger partial charge in [0.25, 0.3) is 5.85 Å². The third kappa shape index (κ3) is 6.96. The van der Waals surface area contributed by atoms with Crippen molar-refractivity contribution in [3.8, 4) is 11.6 Å². The Bertz CT molecular complexity index is 1950. The van der Waals surface area contributed by atoms with Crippen LogP contribution in [-0.2, 0) is 28.6 Å². The number of halogens is 2. The average Bonchev–Trinajstić information content (AvgIpc) is 3.63. The number of hydrogen-bond acceptors (Lipinski definition) is 11. The van der Waals surface area contributed by atoms with Crippen LogP contribution in [-0.4, -0.2) is 70.7 Å². The Hall–Kier alpha value is -4.59. The van der Waals surface area contributed by atoms with E-state index in [2.05, 4.69) is 10.3 Å². The van der Waals surface area contributed by atoms with Gasteiger partial charge in [0.15, 0.2) is 23.1 Å². The summed E-state index contributed by atoms with van der Waals surface area (Å²) < 4.78 is 80.3. The first-order chi connectivity index (χ1) is 25.0. The molecule has 12 nitrogen and oxygen atoms in total. The summed E-state index contributed by atoms with van der Waals surface area (Å²) >= 11 is 0. The fourth-order valence-electron chi connectivity index (χ4n) is 6.47. The first kappa shape index (κ1) is 37.2. The predicted molar refractivity (Wildman–Crippen MR) is 190 cm³/mol. The fraction of sp³-hybridized carbons (Fsp3) is 0.378. The smallest absolute Gasteiger partial charge is 0.497 e. The molecule has 52 heavy (non-hydrogen) atoms. The number of anilines is 1. The van der Waals surface area contributed by atoms with E-state index in [1.165, 1.54) is 18.0 Å². The van der Waals surface area contributed by atoms with Gasteiger partial charge < -0.3 is 24.3 Å². The van der Waals surface area contributed by atoms with Crippen molar-refractivity contribution >= 4 is 25.4 Å². The van der Waals surface area contributed by atoms with Gasteiger partial charge >= 0.3 is 8.25 Å². The van der Waals surface area contributed by atoms with Gasteiger partial charge in [0.1, 0.15) is 24.0 Å². The molecule has 0 saturated carbocycles. The maximum absolute atomic E-state index is 17.0. The lowest BCUT2D eigenvalue weighted by Crippen LogP contribution is -2.47. The minimum Gasteiger partial charge on any atom is -0.497 e. The van der Waals surface area contributed by atoms with Crippen LogP contribution in [0.1, 0.15) is 50.6 Å². The number of benzene rings is 3. The summed E-state index contributed by atoms with van der Waals surface area (Å²) in [7, 11) is -0.0925. The molecule has 1 aliphatic rings. The number of fused-ring (bicyclic) bond motifs is 1. The van der Waals surface area contributed by atoms with E-state index >= 15 is 8.78 Å². The van der Waals surface area contributed by atoms with Gasteiger partial charge in [-0.3, -0.25) is 4.57 Å². The minimum atomic E-state index is -2.92. The number of rotatable bonds is 15. The summed E-state index contributed by atoms with van der Waals surface area (Å²) in [4.78, 5) is 14.0. The van der Waals surface area contributed by atoms with Crippen molar-refractivity contribution in [2.24, 2.45) is 0 Å². The number of hydrogen-bond donors (Lipinski definition) is 1. The van der Waals surface area contributed by atoms with Gasteiger partial charge in [-0.2, -0.15) is 9.97 Å². The molecule has 1 N–H and O–H groups in total. The van der Waals surface area contributed by atoms with Crippen LogP contribution in [0.2, 0.25) is 0 Å². The van der Waals surface area contributed by atoms with Crippen molar-refractivity contribution in [1.29, 1.82) is 0 Å². The molecule has 2 aromatic heterocycles. The molecule has 0 aliphatic carbocycles. The van der Waals surface area contributed by atoms with Gasteiger partial charge in [-0.1, -0.05) is 72.8 Å². The van der Waals surface area contributed by atoms with Crippen molar-refractivity contribution in [2.75, 3.05) is 32.8 Å². The Morgan fingerprint density at radius 3 is 2.13 bits per heavy atom. The number of imidazole rings is 1. The van der Waals surface area contributed by atoms with Crippen LogP contribution in [0.15, 0.2) is 91.3 Å². The summed E-state index contributed by atoms with van der Waals surface area (Å²) in [6, 6.07) is 27.2. The molecule has 1 aliphatic heterocycles. The van der Waals surface area contributed by atoms with E-state index in [0.717, 1.165) is 23.6 Å². The van der Waals surface area contributed by atoms with Crippen LogP contribution in [0.25, 0.3) is 11.2 Å². The molecule has 1 unspecified atom stereocenters. The SMILES string of the molecule is CCOc1nc(NC(c2ccccc2)(c2ccccc2)c2ccc(OC)cc2)nc2c1ncn2[C@@H]1O[C@](F)(COC)[C@@H](O[P+](=O)OC(C)C)[C@@]1(C)F. The number of ether oxygens (including phenoxy) is 4. The topological polar surface area (TPSA) is 128 Å². The van der Waals surface area contributed by atoms with E-state index in [9.17, 15) is 4.57 Å². The first-order valence-electron chi connectivity index (χ1n) is 16.7. The van der Waals surface area contributed by atoms with Crippen LogP contribution >= 0.6 is 8.25 Å². The number of aromatic nitrogens is 4. The fourth-order valence-corrected chi connectivity index (χ4v) is 7.40. The van der Waals surface area contributed by atoms with Gasteiger partial charge in [0, 0.05) is 11.7 Å². The van der Waals surface area contributed by atoms with Crippen molar-refractivity contribution < 1.29 is 41.3 Å². The lowest BCUT2D eigenvalue weighted by Gasteiger charge is -2.37. The summed E-state index contributed by atoms with van der Waals surface area (Å²) in [6.45, 7) is 5.61. The van der Waals surface area contributed by atoms with Gasteiger partial charge in [0.2, 0.25) is 17.9 Å². The second-order valence-corrected chi connectivity index (χ2v) is 13.5. The number of nitrogens with zero attached hydrogens (tertiary/aromatic N) is 4. The zero-order valence-electron chi connectivity index (χ0n) is 29.7. The molecule has 15 heteroatoms. The second-order valence-electron chi connectivity index (χ2n) is 12.6. The Morgan fingerprint density at radius 1 is 0.962 bits per heavy atom. The summed E-state index contributed by atoms with van der Waals surface area (Å²) in [5.74, 6) is -2.01. The lowest BCUT2D eigenvalue weighted by atomic mass is 9.77. The molecule has 5 aromatic rings. The summed E-state index contributed by atoms with van der Waals surface area (Å²) in [6.07, 6.45) is -3.00. The van der Waals surface area contributed by atoms with Crippen LogP contribution in [0, 0.1) is 0 Å². The molecule has 3 aromatic carbocycles. The van der Waals surface area contributed by atoms with Crippen LogP contribution in [0.5, 0.6) is 11.6 Å². The molecular weight excluding hydrogens is 695 g/mol. The highest BCUT2D eigenvalue weighted by atomic mass is 31.1. The van der Waals surface area contributed by atoms with Crippen molar-refractivity contribution in [2.45, 2.75) is 63.2 Å². The molecule has 0 bridgehead atoms. The van der Waals surface area contributed by atoms with Gasteiger partial charge in [-0.05, 0) is 56.5 Å². The minimum absolute atomic E-state index is 0.0721. The van der Waals surface area contributed by atoms with Crippen LogP contribution < -0.4 is 14.8 Å². The Labute approximate surface area is 301 Å². The highest BCUT2D eigenvalue weighted by Gasteiger charge is 2.69. The highest BCUT2D eigenvalue weighted by Crippen LogP contribution is 2.53. The van der Waals surface area contributed by atoms with Gasteiger partial charge in [-0.25, -0.2) is 13.8 Å². The van der Waals surface area contributed by atoms with Crippen molar-refractivity contribution in [3.63, 3.8) is 0 Å². The Balaban J connectivity index is 1.52. The number of nitrogens with one attached hydrogen (secondary N) is 1. The molecule has 1 fully saturated rings. The molecule has 0 radical (unpaired) electrons. The van der Waals surface area contributed by atoms with Crippen LogP contribution in [0.4, 0.5) is 14.7 Å². The summed E-state index contributed by atoms with van der Waals surface area (Å²) in [5.41, 5.74) is -0.928. The van der Waals surface area contributed by atoms with E-state index in [1.54, 1.807) is 27.9 Å². The highest BCUT2D eigenvalue weighted by molar-refractivity contribution is 7.33. The molecule has 5 atom stereocenters. The van der Waals surface area contributed by atoms with Gasteiger partial charge in [-0.15, -0.1) is 9.05 Å². The standard InChI is InChI=1S/C37H41F2N5O7P/c1-7-48-31-29-30(44(23-40-29)33-35(4,38)32(36(39,49-33)22-46-5)51-52(45)50-24(2)3)41-34(42-31)43-37(25-14-10-8-11-15-25,26-16-12-9-13-17-26)27-18-20-28(47-6)21-19-27/h8-21,23-24,32-33H,7,22H2,1-6H3,(H,41,42,43)/q+1/t32-,33+,35+,36+/m0/s1. The van der Waals surface area contributed by atoms with E-state index in [4.69, 9.17) is 38.0 Å². The first-order valence-corrected chi connectivity index (χ1v) is 17.8. The maximum atomic E-state index is 17.0. The van der Waals surface area contributed by atoms with E-state index < -0.39 is 50.4 Å². The molecule has 274 valence electrons. The van der Waals surface area contributed by atoms with E-state index in [0.29, 0.717) is 5.75 Å². The predicted octanol–water partition coefficient (Wildman–Crippen LogP) is 7.67. The zero-order chi connectivity index (χ0) is 37.1. The van der Waals surface area contributed by atoms with Crippen molar-refractivity contribution in [3.05, 3.63) is 108 Å². The Kier molecular flexibility index (Phi) is 10.8. The second kappa shape index (κ2) is 15.2. The van der Waals surface area contributed by atoms with Crippen LogP contribution in [0.3, 0.4) is 0 Å². The van der Waals surface area contributed by atoms with E-state index in [-0.39, 0.29) is 29.6 Å². The van der Waals surface area contributed by atoms with Gasteiger partial charge in [0.05, 0.1) is 20.0 Å². The molecule has 3 heterocycles. The molecule has 1 saturated heterocycles. The largest absolute Gasteiger partial charge is 0.698 e. The number of methoxy groups -OCH3 is 2. The quantitative estimate of drug-likeness (QED) is 0.0840. The monoisotopic (exact) mass is 736 g/mol. The third-order valence-corrected chi connectivity index (χ3v) is 9.66. The molecular formula is C37H41F2N5O7P+.